The minimum Gasteiger partial charge on any atom is -0.369 e. The molecule has 1 fully saturated rings. The van der Waals surface area contributed by atoms with Crippen LogP contribution in [0.3, 0.4) is 0 Å². The maximum Gasteiger partial charge on any atom is 0.261 e. The van der Waals surface area contributed by atoms with E-state index in [0.717, 1.165) is 37.4 Å². The Morgan fingerprint density at radius 1 is 0.789 bits per heavy atom. The van der Waals surface area contributed by atoms with E-state index in [1.54, 1.807) is 54.7 Å². The molecule has 9 nitrogen and oxygen atoms in total. The zero-order chi connectivity index (χ0) is 26.5. The molecular weight excluding hydrogens is 498 g/mol. The van der Waals surface area contributed by atoms with Crippen LogP contribution in [-0.4, -0.2) is 56.5 Å². The zero-order valence-electron chi connectivity index (χ0n) is 21.4. The van der Waals surface area contributed by atoms with E-state index in [1.807, 2.05) is 25.1 Å². The molecule has 0 spiro atoms. The van der Waals surface area contributed by atoms with Gasteiger partial charge in [0.05, 0.1) is 10.6 Å². The van der Waals surface area contributed by atoms with Gasteiger partial charge in [0, 0.05) is 55.0 Å². The van der Waals surface area contributed by atoms with Crippen molar-refractivity contribution in [3.8, 4) is 0 Å². The van der Waals surface area contributed by atoms with Crippen LogP contribution in [0.4, 0.5) is 34.5 Å². The summed E-state index contributed by atoms with van der Waals surface area (Å²) in [5.41, 5.74) is 4.11. The van der Waals surface area contributed by atoms with Crippen LogP contribution in [-0.2, 0) is 10.0 Å². The highest BCUT2D eigenvalue weighted by Crippen LogP contribution is 2.25. The number of hydrogen-bond acceptors (Lipinski definition) is 8. The lowest BCUT2D eigenvalue weighted by Crippen LogP contribution is -2.44. The minimum atomic E-state index is -3.68. The van der Waals surface area contributed by atoms with E-state index in [4.69, 9.17) is 0 Å². The van der Waals surface area contributed by atoms with Crippen LogP contribution >= 0.6 is 0 Å². The van der Waals surface area contributed by atoms with E-state index in [-0.39, 0.29) is 4.90 Å². The maximum absolute atomic E-state index is 12.7. The average Bonchev–Trinajstić information content (AvgIpc) is 2.92. The molecule has 38 heavy (non-hydrogen) atoms. The molecule has 5 rings (SSSR count). The van der Waals surface area contributed by atoms with E-state index in [9.17, 15) is 8.42 Å². The molecule has 2 heterocycles. The highest BCUT2D eigenvalue weighted by atomic mass is 32.2. The molecule has 0 aliphatic carbocycles. The molecule has 3 aromatic carbocycles. The van der Waals surface area contributed by atoms with Gasteiger partial charge in [-0.1, -0.05) is 24.3 Å². The predicted octanol–water partition coefficient (Wildman–Crippen LogP) is 4.82. The standard InChI is InChI=1S/C28H31N7O2S/c1-21-20-29-28(31-22-11-13-25(14-12-22)35-17-15-34(2)16-18-35)32-27(21)30-23-7-6-8-24(19-23)33-38(36,37)26-9-4-3-5-10-26/h3-14,19-20,33H,15-18H2,1-2H3,(H2,29,30,31,32). The number of rotatable bonds is 8. The van der Waals surface area contributed by atoms with Crippen LogP contribution in [0, 0.1) is 6.92 Å². The minimum absolute atomic E-state index is 0.206. The lowest BCUT2D eigenvalue weighted by atomic mass is 10.2. The number of likely N-dealkylation sites (N-methyl/N-ethyl adjacent to an activating group) is 1. The third-order valence-corrected chi connectivity index (χ3v) is 7.79. The lowest BCUT2D eigenvalue weighted by Gasteiger charge is -2.34. The fraction of sp³-hybridized carbons (Fsp3) is 0.214. The van der Waals surface area contributed by atoms with Crippen molar-refractivity contribution < 1.29 is 8.42 Å². The van der Waals surface area contributed by atoms with E-state index < -0.39 is 10.0 Å². The van der Waals surface area contributed by atoms with Crippen LogP contribution < -0.4 is 20.3 Å². The van der Waals surface area contributed by atoms with E-state index >= 15 is 0 Å². The first-order chi connectivity index (χ1) is 18.4. The Morgan fingerprint density at radius 2 is 1.50 bits per heavy atom. The molecule has 4 aromatic rings. The number of aryl methyl sites for hydroxylation is 1. The van der Waals surface area contributed by atoms with Gasteiger partial charge in [0.2, 0.25) is 5.95 Å². The maximum atomic E-state index is 12.7. The molecule has 0 saturated carbocycles. The molecule has 1 aliphatic rings. The molecule has 1 saturated heterocycles. The number of nitrogens with one attached hydrogen (secondary N) is 3. The monoisotopic (exact) mass is 529 g/mol. The summed E-state index contributed by atoms with van der Waals surface area (Å²) in [7, 11) is -1.53. The van der Waals surface area contributed by atoms with Crippen LogP contribution in [0.15, 0.2) is 90.0 Å². The molecule has 3 N–H and O–H groups in total. The Kier molecular flexibility index (Phi) is 7.43. The molecule has 1 aliphatic heterocycles. The van der Waals surface area contributed by atoms with Crippen molar-refractivity contribution in [2.75, 3.05) is 53.5 Å². The van der Waals surface area contributed by atoms with E-state index in [0.29, 0.717) is 23.1 Å². The highest BCUT2D eigenvalue weighted by molar-refractivity contribution is 7.92. The Hall–Kier alpha value is -4.15. The van der Waals surface area contributed by atoms with Crippen LogP contribution in [0.2, 0.25) is 0 Å². The average molecular weight is 530 g/mol. The van der Waals surface area contributed by atoms with E-state index in [1.165, 1.54) is 5.69 Å². The smallest absolute Gasteiger partial charge is 0.261 e. The first kappa shape index (κ1) is 25.5. The number of piperazine rings is 1. The van der Waals surface area contributed by atoms with Gasteiger partial charge < -0.3 is 20.4 Å². The van der Waals surface area contributed by atoms with Crippen molar-refractivity contribution in [2.24, 2.45) is 0 Å². The Bertz CT molecular complexity index is 1490. The van der Waals surface area contributed by atoms with Gasteiger partial charge in [0.25, 0.3) is 10.0 Å². The van der Waals surface area contributed by atoms with Crippen molar-refractivity contribution in [1.29, 1.82) is 0 Å². The van der Waals surface area contributed by atoms with E-state index in [2.05, 4.69) is 54.3 Å². The molecule has 0 amide bonds. The van der Waals surface area contributed by atoms with Crippen LogP contribution in [0.5, 0.6) is 0 Å². The lowest BCUT2D eigenvalue weighted by molar-refractivity contribution is 0.313. The number of anilines is 6. The van der Waals surface area contributed by atoms with Crippen molar-refractivity contribution in [1.82, 2.24) is 14.9 Å². The van der Waals surface area contributed by atoms with Gasteiger partial charge in [0.1, 0.15) is 5.82 Å². The normalized spacial score (nSPS) is 14.2. The Morgan fingerprint density at radius 3 is 2.24 bits per heavy atom. The number of hydrogen-bond donors (Lipinski definition) is 3. The Balaban J connectivity index is 1.27. The summed E-state index contributed by atoms with van der Waals surface area (Å²) in [4.78, 5) is 14.0. The van der Waals surface area contributed by atoms with Gasteiger partial charge in [-0.05, 0) is 68.6 Å². The Labute approximate surface area is 223 Å². The van der Waals surface area contributed by atoms with Gasteiger partial charge in [0.15, 0.2) is 0 Å². The summed E-state index contributed by atoms with van der Waals surface area (Å²) in [6, 6.07) is 23.6. The number of sulfonamides is 1. The first-order valence-corrected chi connectivity index (χ1v) is 13.9. The first-order valence-electron chi connectivity index (χ1n) is 12.4. The largest absolute Gasteiger partial charge is 0.369 e. The summed E-state index contributed by atoms with van der Waals surface area (Å²) in [5, 5.41) is 6.56. The van der Waals surface area contributed by atoms with Gasteiger partial charge in [-0.3, -0.25) is 4.72 Å². The second-order valence-corrected chi connectivity index (χ2v) is 11.0. The molecule has 0 unspecified atom stereocenters. The van der Waals surface area contributed by atoms with Crippen LogP contribution in [0.1, 0.15) is 5.56 Å². The number of aromatic nitrogens is 2. The summed E-state index contributed by atoms with van der Waals surface area (Å²) in [6.07, 6.45) is 1.75. The van der Waals surface area contributed by atoms with Gasteiger partial charge in [-0.15, -0.1) is 0 Å². The SMILES string of the molecule is Cc1cnc(Nc2ccc(N3CCN(C)CC3)cc2)nc1Nc1cccc(NS(=O)(=O)c2ccccc2)c1. The summed E-state index contributed by atoms with van der Waals surface area (Å²) >= 11 is 0. The molecule has 0 radical (unpaired) electrons. The quantitative estimate of drug-likeness (QED) is 0.298. The molecular formula is C28H31N7O2S. The zero-order valence-corrected chi connectivity index (χ0v) is 22.2. The highest BCUT2D eigenvalue weighted by Gasteiger charge is 2.15. The molecule has 0 bridgehead atoms. The topological polar surface area (TPSA) is 102 Å². The predicted molar refractivity (Wildman–Crippen MR) is 153 cm³/mol. The van der Waals surface area contributed by atoms with Crippen molar-refractivity contribution in [2.45, 2.75) is 11.8 Å². The number of benzene rings is 3. The summed E-state index contributed by atoms with van der Waals surface area (Å²) in [5.74, 6) is 1.09. The fourth-order valence-corrected chi connectivity index (χ4v) is 5.26. The molecule has 1 aromatic heterocycles. The van der Waals surface area contributed by atoms with Gasteiger partial charge in [-0.2, -0.15) is 4.98 Å². The van der Waals surface area contributed by atoms with Gasteiger partial charge in [-0.25, -0.2) is 13.4 Å². The second-order valence-electron chi connectivity index (χ2n) is 9.31. The molecule has 0 atom stereocenters. The second kappa shape index (κ2) is 11.1. The third kappa shape index (κ3) is 6.21. The third-order valence-electron chi connectivity index (χ3n) is 6.39. The van der Waals surface area contributed by atoms with Gasteiger partial charge >= 0.3 is 0 Å². The fourth-order valence-electron chi connectivity index (χ4n) is 4.19. The van der Waals surface area contributed by atoms with Crippen molar-refractivity contribution in [3.05, 3.63) is 90.6 Å². The summed E-state index contributed by atoms with van der Waals surface area (Å²) < 4.78 is 28.0. The number of nitrogens with zero attached hydrogens (tertiary/aromatic N) is 4. The van der Waals surface area contributed by atoms with Crippen molar-refractivity contribution >= 4 is 44.5 Å². The van der Waals surface area contributed by atoms with Crippen LogP contribution in [0.25, 0.3) is 0 Å². The molecule has 196 valence electrons. The van der Waals surface area contributed by atoms with Crippen molar-refractivity contribution in [3.63, 3.8) is 0 Å². The molecule has 10 heteroatoms. The summed E-state index contributed by atoms with van der Waals surface area (Å²) in [6.45, 7) is 6.09.